The zero-order valence-electron chi connectivity index (χ0n) is 10.7. The Bertz CT molecular complexity index is 473. The average molecular weight is 285 g/mol. The number of nitrogens with zero attached hydrogens (tertiary/aromatic N) is 2. The summed E-state index contributed by atoms with van der Waals surface area (Å²) in [6, 6.07) is 4.90. The molecule has 2 N–H and O–H groups in total. The smallest absolute Gasteiger partial charge is 0.337 e. The molecule has 0 aromatic heterocycles. The van der Waals surface area contributed by atoms with Gasteiger partial charge in [-0.05, 0) is 24.7 Å². The van der Waals surface area contributed by atoms with Crippen molar-refractivity contribution in [2.75, 3.05) is 38.1 Å². The maximum absolute atomic E-state index is 10.7. The maximum Gasteiger partial charge on any atom is 0.337 e. The van der Waals surface area contributed by atoms with E-state index in [1.807, 2.05) is 0 Å². The minimum absolute atomic E-state index is 0.301. The van der Waals surface area contributed by atoms with E-state index in [1.54, 1.807) is 12.1 Å². The molecule has 1 atom stereocenters. The predicted molar refractivity (Wildman–Crippen MR) is 73.8 cm³/mol. The van der Waals surface area contributed by atoms with E-state index >= 15 is 0 Å². The van der Waals surface area contributed by atoms with Crippen LogP contribution >= 0.6 is 11.6 Å². The summed E-state index contributed by atoms with van der Waals surface area (Å²) in [7, 11) is 2.07. The van der Waals surface area contributed by atoms with Crippen LogP contribution in [0.5, 0.6) is 0 Å². The number of hydrogen-bond acceptors (Lipinski definition) is 4. The van der Waals surface area contributed by atoms with Gasteiger partial charge in [0.25, 0.3) is 0 Å². The summed E-state index contributed by atoms with van der Waals surface area (Å²) in [6.07, 6.45) is -1.53. The Morgan fingerprint density at radius 3 is 2.47 bits per heavy atom. The van der Waals surface area contributed by atoms with Crippen LogP contribution in [-0.4, -0.2) is 54.3 Å². The van der Waals surface area contributed by atoms with E-state index in [0.29, 0.717) is 10.6 Å². The molecule has 1 aliphatic rings. The van der Waals surface area contributed by atoms with Crippen LogP contribution in [0.2, 0.25) is 5.02 Å². The summed E-state index contributed by atoms with van der Waals surface area (Å²) < 4.78 is 0. The van der Waals surface area contributed by atoms with E-state index in [1.165, 1.54) is 6.07 Å². The van der Waals surface area contributed by atoms with Gasteiger partial charge in [0.2, 0.25) is 0 Å². The molecule has 1 fully saturated rings. The minimum Gasteiger partial charge on any atom is -0.479 e. The van der Waals surface area contributed by atoms with E-state index in [-0.39, 0.29) is 0 Å². The van der Waals surface area contributed by atoms with E-state index in [0.717, 1.165) is 31.9 Å². The summed E-state index contributed by atoms with van der Waals surface area (Å²) in [6.45, 7) is 3.71. The van der Waals surface area contributed by atoms with Gasteiger partial charge in [-0.15, -0.1) is 0 Å². The van der Waals surface area contributed by atoms with Crippen molar-refractivity contribution in [3.63, 3.8) is 0 Å². The van der Waals surface area contributed by atoms with Crippen LogP contribution in [0.1, 0.15) is 11.7 Å². The molecular formula is C13H17ClN2O3. The van der Waals surface area contributed by atoms with Gasteiger partial charge < -0.3 is 20.0 Å². The molecule has 1 aromatic rings. The molecule has 1 heterocycles. The van der Waals surface area contributed by atoms with Gasteiger partial charge in [-0.3, -0.25) is 0 Å². The Labute approximate surface area is 117 Å². The van der Waals surface area contributed by atoms with Crippen molar-refractivity contribution in [1.82, 2.24) is 4.90 Å². The van der Waals surface area contributed by atoms with Crippen molar-refractivity contribution in [2.45, 2.75) is 6.10 Å². The second-order valence-corrected chi connectivity index (χ2v) is 5.15. The number of hydrogen-bond donors (Lipinski definition) is 2. The van der Waals surface area contributed by atoms with Crippen LogP contribution in [0.25, 0.3) is 0 Å². The number of aliphatic hydroxyl groups excluding tert-OH is 1. The number of rotatable bonds is 3. The van der Waals surface area contributed by atoms with Gasteiger partial charge in [0.15, 0.2) is 6.10 Å². The highest BCUT2D eigenvalue weighted by molar-refractivity contribution is 6.33. The highest BCUT2D eigenvalue weighted by Crippen LogP contribution is 2.29. The molecule has 5 nitrogen and oxygen atoms in total. The second kappa shape index (κ2) is 5.77. The Hall–Kier alpha value is -1.30. The third-order valence-corrected chi connectivity index (χ3v) is 3.67. The summed E-state index contributed by atoms with van der Waals surface area (Å²) in [5.41, 5.74) is 1.19. The molecule has 0 radical (unpaired) electrons. The lowest BCUT2D eigenvalue weighted by molar-refractivity contribution is -0.146. The molecule has 0 saturated carbocycles. The van der Waals surface area contributed by atoms with Crippen LogP contribution in [0.15, 0.2) is 18.2 Å². The van der Waals surface area contributed by atoms with Crippen LogP contribution < -0.4 is 4.90 Å². The largest absolute Gasteiger partial charge is 0.479 e. The number of likely N-dealkylation sites (N-methyl/N-ethyl adjacent to an activating group) is 1. The van der Waals surface area contributed by atoms with E-state index in [2.05, 4.69) is 16.8 Å². The second-order valence-electron chi connectivity index (χ2n) is 4.74. The molecule has 0 spiro atoms. The Balaban J connectivity index is 2.17. The predicted octanol–water partition coefficient (Wildman–Crippen LogP) is 1.21. The average Bonchev–Trinajstić information content (AvgIpc) is 2.39. The van der Waals surface area contributed by atoms with Gasteiger partial charge >= 0.3 is 5.97 Å². The summed E-state index contributed by atoms with van der Waals surface area (Å²) in [5.74, 6) is -1.27. The van der Waals surface area contributed by atoms with Crippen molar-refractivity contribution < 1.29 is 15.0 Å². The number of anilines is 1. The molecular weight excluding hydrogens is 268 g/mol. The Morgan fingerprint density at radius 2 is 1.95 bits per heavy atom. The Morgan fingerprint density at radius 1 is 1.32 bits per heavy atom. The van der Waals surface area contributed by atoms with Crippen LogP contribution in [0.3, 0.4) is 0 Å². The molecule has 1 aromatic carbocycles. The number of benzene rings is 1. The first-order valence-corrected chi connectivity index (χ1v) is 6.50. The number of piperazine rings is 1. The van der Waals surface area contributed by atoms with E-state index in [4.69, 9.17) is 16.7 Å². The van der Waals surface area contributed by atoms with Crippen LogP contribution in [0, 0.1) is 0 Å². The van der Waals surface area contributed by atoms with Gasteiger partial charge in [0.05, 0.1) is 10.7 Å². The zero-order chi connectivity index (χ0) is 14.0. The highest BCUT2D eigenvalue weighted by atomic mass is 35.5. The quantitative estimate of drug-likeness (QED) is 0.873. The summed E-state index contributed by atoms with van der Waals surface area (Å²) >= 11 is 6.19. The molecule has 1 unspecified atom stereocenters. The van der Waals surface area contributed by atoms with Crippen molar-refractivity contribution in [3.05, 3.63) is 28.8 Å². The lowest BCUT2D eigenvalue weighted by atomic mass is 10.1. The fraction of sp³-hybridized carbons (Fsp3) is 0.462. The first kappa shape index (κ1) is 14.1. The maximum atomic E-state index is 10.7. The van der Waals surface area contributed by atoms with Crippen LogP contribution in [-0.2, 0) is 4.79 Å². The topological polar surface area (TPSA) is 64.0 Å². The van der Waals surface area contributed by atoms with Crippen molar-refractivity contribution in [2.24, 2.45) is 0 Å². The van der Waals surface area contributed by atoms with Gasteiger partial charge in [0.1, 0.15) is 0 Å². The van der Waals surface area contributed by atoms with E-state index < -0.39 is 12.1 Å². The normalized spacial score (nSPS) is 18.4. The lowest BCUT2D eigenvalue weighted by Gasteiger charge is -2.34. The third kappa shape index (κ3) is 3.18. The van der Waals surface area contributed by atoms with Crippen molar-refractivity contribution in [1.29, 1.82) is 0 Å². The molecule has 2 rings (SSSR count). The van der Waals surface area contributed by atoms with Gasteiger partial charge in [-0.2, -0.15) is 0 Å². The number of carboxylic acid groups (broad SMARTS) is 1. The number of carbonyl (C=O) groups is 1. The molecule has 19 heavy (non-hydrogen) atoms. The first-order chi connectivity index (χ1) is 8.99. The fourth-order valence-corrected chi connectivity index (χ4v) is 2.45. The van der Waals surface area contributed by atoms with Crippen molar-refractivity contribution >= 4 is 23.3 Å². The monoisotopic (exact) mass is 284 g/mol. The molecule has 1 saturated heterocycles. The number of aliphatic carboxylic acids is 1. The molecule has 0 amide bonds. The third-order valence-electron chi connectivity index (χ3n) is 3.37. The van der Waals surface area contributed by atoms with Gasteiger partial charge in [-0.25, -0.2) is 4.79 Å². The minimum atomic E-state index is -1.53. The lowest BCUT2D eigenvalue weighted by Crippen LogP contribution is -2.44. The SMILES string of the molecule is CN1CCN(c2ccc(C(O)C(=O)O)cc2Cl)CC1. The van der Waals surface area contributed by atoms with Gasteiger partial charge in [-0.1, -0.05) is 17.7 Å². The number of halogens is 1. The van der Waals surface area contributed by atoms with Crippen molar-refractivity contribution in [3.8, 4) is 0 Å². The molecule has 0 bridgehead atoms. The standard InChI is InChI=1S/C13H17ClN2O3/c1-15-4-6-16(7-5-15)11-3-2-9(8-10(11)14)12(17)13(18)19/h2-3,8,12,17H,4-7H2,1H3,(H,18,19). The van der Waals surface area contributed by atoms with Gasteiger partial charge in [0, 0.05) is 26.2 Å². The van der Waals surface area contributed by atoms with Crippen LogP contribution in [0.4, 0.5) is 5.69 Å². The molecule has 1 aliphatic heterocycles. The highest BCUT2D eigenvalue weighted by Gasteiger charge is 2.20. The van der Waals surface area contributed by atoms with E-state index in [9.17, 15) is 9.90 Å². The molecule has 0 aliphatic carbocycles. The molecule has 6 heteroatoms. The summed E-state index contributed by atoms with van der Waals surface area (Å²) in [5, 5.41) is 18.7. The zero-order valence-corrected chi connectivity index (χ0v) is 11.5. The fourth-order valence-electron chi connectivity index (χ4n) is 2.14. The first-order valence-electron chi connectivity index (χ1n) is 6.13. The summed E-state index contributed by atoms with van der Waals surface area (Å²) in [4.78, 5) is 15.1. The molecule has 104 valence electrons. The number of aliphatic hydroxyl groups is 1. The Kier molecular flexibility index (Phi) is 4.29. The number of carboxylic acids is 1.